The minimum Gasteiger partial charge on any atom is -0.481 e. The van der Waals surface area contributed by atoms with Gasteiger partial charge in [0.1, 0.15) is 12.5 Å². The highest BCUT2D eigenvalue weighted by Gasteiger charge is 2.19. The van der Waals surface area contributed by atoms with E-state index in [1.807, 2.05) is 0 Å². The number of hydrogen-bond acceptors (Lipinski definition) is 3. The molecule has 0 heterocycles. The molecule has 0 aliphatic rings. The van der Waals surface area contributed by atoms with E-state index >= 15 is 0 Å². The predicted octanol–water partition coefficient (Wildman–Crippen LogP) is 1.03. The van der Waals surface area contributed by atoms with Gasteiger partial charge in [-0.3, -0.25) is 9.59 Å². The second-order valence-electron chi connectivity index (χ2n) is 2.73. The summed E-state index contributed by atoms with van der Waals surface area (Å²) in [5.74, 6) is -1.79. The molecule has 0 fully saturated rings. The SMILES string of the molecule is O=COC[C@@H](C(=O)O)c1ccccc1. The van der Waals surface area contributed by atoms with Gasteiger partial charge in [-0.05, 0) is 5.56 Å². The van der Waals surface area contributed by atoms with Crippen LogP contribution in [0.1, 0.15) is 11.5 Å². The van der Waals surface area contributed by atoms with Gasteiger partial charge in [0.25, 0.3) is 6.47 Å². The molecule has 74 valence electrons. The third-order valence-corrected chi connectivity index (χ3v) is 1.83. The summed E-state index contributed by atoms with van der Waals surface area (Å²) in [6.07, 6.45) is 0. The summed E-state index contributed by atoms with van der Waals surface area (Å²) >= 11 is 0. The van der Waals surface area contributed by atoms with E-state index in [4.69, 9.17) is 5.11 Å². The Morgan fingerprint density at radius 3 is 2.57 bits per heavy atom. The van der Waals surface area contributed by atoms with E-state index in [2.05, 4.69) is 4.74 Å². The lowest BCUT2D eigenvalue weighted by Gasteiger charge is -2.10. The number of carboxylic acids is 1. The van der Waals surface area contributed by atoms with E-state index in [1.165, 1.54) is 0 Å². The lowest BCUT2D eigenvalue weighted by atomic mass is 10.0. The predicted molar refractivity (Wildman–Crippen MR) is 48.8 cm³/mol. The van der Waals surface area contributed by atoms with Crippen LogP contribution in [-0.4, -0.2) is 24.2 Å². The molecule has 0 amide bonds. The van der Waals surface area contributed by atoms with Crippen LogP contribution in [0.3, 0.4) is 0 Å². The van der Waals surface area contributed by atoms with Gasteiger partial charge in [-0.1, -0.05) is 30.3 Å². The minimum absolute atomic E-state index is 0.136. The Balaban J connectivity index is 2.78. The lowest BCUT2D eigenvalue weighted by Crippen LogP contribution is -2.17. The van der Waals surface area contributed by atoms with Gasteiger partial charge in [0.2, 0.25) is 0 Å². The maximum atomic E-state index is 10.8. The summed E-state index contributed by atoms with van der Waals surface area (Å²) in [7, 11) is 0. The summed E-state index contributed by atoms with van der Waals surface area (Å²) < 4.78 is 4.45. The molecule has 4 nitrogen and oxygen atoms in total. The second kappa shape index (κ2) is 5.01. The van der Waals surface area contributed by atoms with Crippen molar-refractivity contribution < 1.29 is 19.4 Å². The summed E-state index contributed by atoms with van der Waals surface area (Å²) in [4.78, 5) is 20.8. The van der Waals surface area contributed by atoms with E-state index in [0.717, 1.165) is 0 Å². The number of aliphatic carboxylic acids is 1. The Morgan fingerprint density at radius 2 is 2.07 bits per heavy atom. The number of ether oxygens (including phenoxy) is 1. The number of carbonyl (C=O) groups excluding carboxylic acids is 1. The molecule has 0 aliphatic carbocycles. The summed E-state index contributed by atoms with van der Waals surface area (Å²) in [6.45, 7) is 0.113. The summed E-state index contributed by atoms with van der Waals surface area (Å²) in [6, 6.07) is 8.65. The monoisotopic (exact) mass is 194 g/mol. The fraction of sp³-hybridized carbons (Fsp3) is 0.200. The van der Waals surface area contributed by atoms with Crippen molar-refractivity contribution in [1.29, 1.82) is 0 Å². The number of rotatable bonds is 5. The molecule has 14 heavy (non-hydrogen) atoms. The van der Waals surface area contributed by atoms with Gasteiger partial charge in [-0.15, -0.1) is 0 Å². The van der Waals surface area contributed by atoms with Gasteiger partial charge < -0.3 is 9.84 Å². The molecule has 4 heteroatoms. The maximum absolute atomic E-state index is 10.8. The first kappa shape index (κ1) is 10.2. The quantitative estimate of drug-likeness (QED) is 0.711. The highest BCUT2D eigenvalue weighted by molar-refractivity contribution is 5.76. The highest BCUT2D eigenvalue weighted by Crippen LogP contribution is 2.15. The van der Waals surface area contributed by atoms with Crippen molar-refractivity contribution in [3.05, 3.63) is 35.9 Å². The van der Waals surface area contributed by atoms with E-state index in [9.17, 15) is 9.59 Å². The molecular formula is C10H10O4. The maximum Gasteiger partial charge on any atom is 0.314 e. The average Bonchev–Trinajstić information content (AvgIpc) is 2.19. The Hall–Kier alpha value is -1.84. The highest BCUT2D eigenvalue weighted by atomic mass is 16.5. The van der Waals surface area contributed by atoms with Gasteiger partial charge >= 0.3 is 5.97 Å². The topological polar surface area (TPSA) is 63.6 Å². The smallest absolute Gasteiger partial charge is 0.314 e. The number of benzene rings is 1. The number of hydrogen-bond donors (Lipinski definition) is 1. The molecule has 0 radical (unpaired) electrons. The van der Waals surface area contributed by atoms with E-state index in [1.54, 1.807) is 30.3 Å². The molecule has 1 rings (SSSR count). The van der Waals surface area contributed by atoms with Crippen LogP contribution in [0.4, 0.5) is 0 Å². The molecule has 1 N–H and O–H groups in total. The first-order valence-corrected chi connectivity index (χ1v) is 4.08. The molecule has 1 atom stereocenters. The average molecular weight is 194 g/mol. The Labute approximate surface area is 81.1 Å². The molecule has 0 aromatic heterocycles. The third kappa shape index (κ3) is 2.58. The summed E-state index contributed by atoms with van der Waals surface area (Å²) in [5, 5.41) is 8.86. The molecule has 1 aromatic carbocycles. The van der Waals surface area contributed by atoms with Crippen LogP contribution >= 0.6 is 0 Å². The molecule has 0 spiro atoms. The second-order valence-corrected chi connectivity index (χ2v) is 2.73. The standard InChI is InChI=1S/C10H10O4/c11-7-14-6-9(10(12)13)8-4-2-1-3-5-8/h1-5,7,9H,6H2,(H,12,13)/t9-/m1/s1. The fourth-order valence-electron chi connectivity index (χ4n) is 1.13. The third-order valence-electron chi connectivity index (χ3n) is 1.83. The van der Waals surface area contributed by atoms with E-state index < -0.39 is 11.9 Å². The normalized spacial score (nSPS) is 11.7. The minimum atomic E-state index is -1.00. The molecular weight excluding hydrogens is 184 g/mol. The number of carboxylic acid groups (broad SMARTS) is 1. The number of carbonyl (C=O) groups is 2. The summed E-state index contributed by atoms with van der Waals surface area (Å²) in [5.41, 5.74) is 0.627. The van der Waals surface area contributed by atoms with Crippen molar-refractivity contribution in [2.24, 2.45) is 0 Å². The zero-order valence-electron chi connectivity index (χ0n) is 7.42. The fourth-order valence-corrected chi connectivity index (χ4v) is 1.13. The van der Waals surface area contributed by atoms with Crippen molar-refractivity contribution in [2.75, 3.05) is 6.61 Å². The van der Waals surface area contributed by atoms with Gasteiger partial charge in [0.15, 0.2) is 0 Å². The van der Waals surface area contributed by atoms with Crippen LogP contribution in [0.5, 0.6) is 0 Å². The first-order chi connectivity index (χ1) is 6.75. The Kier molecular flexibility index (Phi) is 3.67. The van der Waals surface area contributed by atoms with Crippen LogP contribution in [0.2, 0.25) is 0 Å². The largest absolute Gasteiger partial charge is 0.481 e. The van der Waals surface area contributed by atoms with Gasteiger partial charge in [0, 0.05) is 0 Å². The first-order valence-electron chi connectivity index (χ1n) is 4.08. The van der Waals surface area contributed by atoms with E-state index in [0.29, 0.717) is 5.56 Å². The van der Waals surface area contributed by atoms with Crippen molar-refractivity contribution in [3.8, 4) is 0 Å². The van der Waals surface area contributed by atoms with Crippen LogP contribution < -0.4 is 0 Å². The molecule has 1 aromatic rings. The van der Waals surface area contributed by atoms with E-state index in [-0.39, 0.29) is 13.1 Å². The zero-order valence-corrected chi connectivity index (χ0v) is 7.42. The Bertz CT molecular complexity index is 307. The van der Waals surface area contributed by atoms with Crippen molar-refractivity contribution in [1.82, 2.24) is 0 Å². The lowest BCUT2D eigenvalue weighted by molar-refractivity contribution is -0.141. The van der Waals surface area contributed by atoms with Crippen molar-refractivity contribution >= 4 is 12.4 Å². The van der Waals surface area contributed by atoms with Crippen molar-refractivity contribution in [2.45, 2.75) is 5.92 Å². The van der Waals surface area contributed by atoms with Crippen LogP contribution in [-0.2, 0) is 14.3 Å². The Morgan fingerprint density at radius 1 is 1.43 bits per heavy atom. The zero-order chi connectivity index (χ0) is 10.4. The van der Waals surface area contributed by atoms with Crippen LogP contribution in [0, 0.1) is 0 Å². The molecule has 0 saturated carbocycles. The molecule has 0 aliphatic heterocycles. The molecule has 0 saturated heterocycles. The van der Waals surface area contributed by atoms with Crippen molar-refractivity contribution in [3.63, 3.8) is 0 Å². The van der Waals surface area contributed by atoms with Crippen LogP contribution in [0.25, 0.3) is 0 Å². The van der Waals surface area contributed by atoms with Gasteiger partial charge in [-0.25, -0.2) is 0 Å². The van der Waals surface area contributed by atoms with Crippen LogP contribution in [0.15, 0.2) is 30.3 Å². The molecule has 0 unspecified atom stereocenters. The van der Waals surface area contributed by atoms with Gasteiger partial charge in [-0.2, -0.15) is 0 Å². The molecule has 0 bridgehead atoms. The van der Waals surface area contributed by atoms with Gasteiger partial charge in [0.05, 0.1) is 0 Å².